The third kappa shape index (κ3) is 4.35. The molecule has 0 aliphatic heterocycles. The number of benzene rings is 2. The molecule has 3 aromatic rings. The van der Waals surface area contributed by atoms with Gasteiger partial charge in [0.15, 0.2) is 11.5 Å². The second kappa shape index (κ2) is 9.36. The van der Waals surface area contributed by atoms with Crippen LogP contribution in [0.1, 0.15) is 11.1 Å². The van der Waals surface area contributed by atoms with E-state index in [1.165, 1.54) is 12.1 Å². The van der Waals surface area contributed by atoms with Crippen molar-refractivity contribution in [1.82, 2.24) is 15.1 Å². The molecule has 1 heterocycles. The van der Waals surface area contributed by atoms with E-state index in [0.717, 1.165) is 34.7 Å². The molecule has 31 heavy (non-hydrogen) atoms. The Bertz CT molecular complexity index is 1070. The van der Waals surface area contributed by atoms with Crippen molar-refractivity contribution < 1.29 is 18.6 Å². The van der Waals surface area contributed by atoms with Crippen molar-refractivity contribution in [2.75, 3.05) is 46.3 Å². The lowest BCUT2D eigenvalue weighted by Crippen LogP contribution is -2.17. The van der Waals surface area contributed by atoms with Crippen LogP contribution in [0, 0.1) is 5.82 Å². The lowest BCUT2D eigenvalue weighted by atomic mass is 10.1. The van der Waals surface area contributed by atoms with Gasteiger partial charge in [0.2, 0.25) is 0 Å². The van der Waals surface area contributed by atoms with Gasteiger partial charge in [-0.05, 0) is 42.9 Å². The average Bonchev–Trinajstić information content (AvgIpc) is 3.28. The van der Waals surface area contributed by atoms with Crippen LogP contribution < -0.4 is 20.1 Å². The van der Waals surface area contributed by atoms with E-state index in [1.54, 1.807) is 20.3 Å². The van der Waals surface area contributed by atoms with E-state index < -0.39 is 0 Å². The van der Waals surface area contributed by atoms with E-state index in [4.69, 9.17) is 19.3 Å². The van der Waals surface area contributed by atoms with Gasteiger partial charge in [-0.3, -0.25) is 0 Å². The Labute approximate surface area is 181 Å². The molecule has 8 heteroatoms. The lowest BCUT2D eigenvalue weighted by Gasteiger charge is -2.13. The zero-order chi connectivity index (χ0) is 21.8. The number of anilines is 2. The average molecular weight is 426 g/mol. The summed E-state index contributed by atoms with van der Waals surface area (Å²) in [5, 5.41) is 11.3. The summed E-state index contributed by atoms with van der Waals surface area (Å²) >= 11 is 0. The van der Waals surface area contributed by atoms with Gasteiger partial charge in [0, 0.05) is 29.8 Å². The first kappa shape index (κ1) is 21.1. The molecule has 0 atom stereocenters. The minimum absolute atomic E-state index is 0.291. The highest BCUT2D eigenvalue weighted by Gasteiger charge is 2.29. The summed E-state index contributed by atoms with van der Waals surface area (Å²) in [6.45, 7) is 2.53. The molecule has 0 saturated heterocycles. The monoisotopic (exact) mass is 426 g/mol. The Morgan fingerprint density at radius 3 is 2.65 bits per heavy atom. The summed E-state index contributed by atoms with van der Waals surface area (Å²) in [6.07, 6.45) is 0.698. The standard InChI is InChI=1S/C23H27FN4O3/c1-25-7-9-31-10-8-28-23(26-17-6-4-5-16(24)13-17)19-11-15-12-20(29-2)21(30-3)14-18(15)22(19)27-28/h4-6,12-14,25-26H,7-11H2,1-3H3. The number of likely N-dealkylation sites (N-methyl/N-ethyl adjacent to an activating group) is 1. The van der Waals surface area contributed by atoms with Crippen molar-refractivity contribution in [3.8, 4) is 22.8 Å². The van der Waals surface area contributed by atoms with Crippen LogP contribution in [0.3, 0.4) is 0 Å². The molecule has 0 bridgehead atoms. The molecular formula is C23H27FN4O3. The largest absolute Gasteiger partial charge is 0.493 e. The summed E-state index contributed by atoms with van der Waals surface area (Å²) in [4.78, 5) is 0. The highest BCUT2D eigenvalue weighted by Crippen LogP contribution is 2.45. The maximum atomic E-state index is 13.8. The molecule has 2 N–H and O–H groups in total. The van der Waals surface area contributed by atoms with Gasteiger partial charge in [0.1, 0.15) is 11.6 Å². The van der Waals surface area contributed by atoms with E-state index in [0.29, 0.717) is 43.4 Å². The SMILES string of the molecule is CNCCOCCn1nc2c(c1Nc1cccc(F)c1)Cc1cc(OC)c(OC)cc1-2. The first-order valence-corrected chi connectivity index (χ1v) is 10.2. The molecule has 4 rings (SSSR count). The van der Waals surface area contributed by atoms with Crippen LogP contribution in [-0.2, 0) is 17.7 Å². The first-order chi connectivity index (χ1) is 15.1. The van der Waals surface area contributed by atoms with Crippen molar-refractivity contribution in [2.45, 2.75) is 13.0 Å². The number of hydrogen-bond donors (Lipinski definition) is 2. The van der Waals surface area contributed by atoms with Crippen LogP contribution in [0.2, 0.25) is 0 Å². The zero-order valence-corrected chi connectivity index (χ0v) is 18.0. The Balaban J connectivity index is 1.68. The van der Waals surface area contributed by atoms with Crippen LogP contribution in [-0.4, -0.2) is 50.8 Å². The number of nitrogens with one attached hydrogen (secondary N) is 2. The predicted molar refractivity (Wildman–Crippen MR) is 118 cm³/mol. The highest BCUT2D eigenvalue weighted by atomic mass is 19.1. The zero-order valence-electron chi connectivity index (χ0n) is 18.0. The smallest absolute Gasteiger partial charge is 0.161 e. The maximum Gasteiger partial charge on any atom is 0.161 e. The molecule has 1 aliphatic carbocycles. The molecule has 0 fully saturated rings. The van der Waals surface area contributed by atoms with Gasteiger partial charge >= 0.3 is 0 Å². The maximum absolute atomic E-state index is 13.8. The molecule has 0 spiro atoms. The second-order valence-corrected chi connectivity index (χ2v) is 7.29. The molecule has 1 aromatic heterocycles. The van der Waals surface area contributed by atoms with Gasteiger partial charge in [-0.1, -0.05) is 6.07 Å². The number of halogens is 1. The number of aromatic nitrogens is 2. The van der Waals surface area contributed by atoms with Gasteiger partial charge in [-0.2, -0.15) is 5.10 Å². The second-order valence-electron chi connectivity index (χ2n) is 7.29. The van der Waals surface area contributed by atoms with Crippen molar-refractivity contribution >= 4 is 11.5 Å². The molecule has 7 nitrogen and oxygen atoms in total. The van der Waals surface area contributed by atoms with Crippen LogP contribution in [0.25, 0.3) is 11.3 Å². The van der Waals surface area contributed by atoms with E-state index in [-0.39, 0.29) is 5.82 Å². The number of rotatable bonds is 10. The van der Waals surface area contributed by atoms with Crippen molar-refractivity contribution in [2.24, 2.45) is 0 Å². The Hall–Kier alpha value is -3.10. The van der Waals surface area contributed by atoms with Gasteiger partial charge in [-0.25, -0.2) is 9.07 Å². The molecule has 0 radical (unpaired) electrons. The quantitative estimate of drug-likeness (QED) is 0.378. The molecule has 0 saturated carbocycles. The highest BCUT2D eigenvalue weighted by molar-refractivity contribution is 5.82. The minimum Gasteiger partial charge on any atom is -0.493 e. The predicted octanol–water partition coefficient (Wildman–Crippen LogP) is 3.59. The fourth-order valence-corrected chi connectivity index (χ4v) is 3.79. The number of ether oxygens (including phenoxy) is 3. The van der Waals surface area contributed by atoms with Crippen molar-refractivity contribution in [3.05, 3.63) is 53.3 Å². The van der Waals surface area contributed by atoms with Crippen LogP contribution in [0.5, 0.6) is 11.5 Å². The van der Waals surface area contributed by atoms with E-state index in [1.807, 2.05) is 29.9 Å². The molecular weight excluding hydrogens is 399 g/mol. The fraction of sp³-hybridized carbons (Fsp3) is 0.348. The minimum atomic E-state index is -0.291. The third-order valence-corrected chi connectivity index (χ3v) is 5.31. The Morgan fingerprint density at radius 2 is 1.90 bits per heavy atom. The molecule has 164 valence electrons. The Morgan fingerprint density at radius 1 is 1.10 bits per heavy atom. The molecule has 0 amide bonds. The van der Waals surface area contributed by atoms with E-state index in [2.05, 4.69) is 10.6 Å². The topological polar surface area (TPSA) is 69.6 Å². The normalized spacial score (nSPS) is 11.9. The van der Waals surface area contributed by atoms with Gasteiger partial charge in [0.25, 0.3) is 0 Å². The Kier molecular flexibility index (Phi) is 6.39. The number of nitrogens with zero attached hydrogens (tertiary/aromatic N) is 2. The summed E-state index contributed by atoms with van der Waals surface area (Å²) in [5.74, 6) is 1.91. The first-order valence-electron chi connectivity index (χ1n) is 10.2. The fourth-order valence-electron chi connectivity index (χ4n) is 3.79. The van der Waals surface area contributed by atoms with Crippen LogP contribution in [0.15, 0.2) is 36.4 Å². The van der Waals surface area contributed by atoms with Gasteiger partial charge in [0.05, 0.1) is 39.7 Å². The van der Waals surface area contributed by atoms with Gasteiger partial charge < -0.3 is 24.8 Å². The van der Waals surface area contributed by atoms with Crippen LogP contribution >= 0.6 is 0 Å². The van der Waals surface area contributed by atoms with Crippen molar-refractivity contribution in [1.29, 1.82) is 0 Å². The number of methoxy groups -OCH3 is 2. The van der Waals surface area contributed by atoms with E-state index >= 15 is 0 Å². The molecule has 0 unspecified atom stereocenters. The van der Waals surface area contributed by atoms with Crippen molar-refractivity contribution in [3.63, 3.8) is 0 Å². The van der Waals surface area contributed by atoms with Gasteiger partial charge in [-0.15, -0.1) is 0 Å². The molecule has 1 aliphatic rings. The lowest BCUT2D eigenvalue weighted by molar-refractivity contribution is 0.127. The summed E-state index contributed by atoms with van der Waals surface area (Å²) < 4.78 is 32.3. The summed E-state index contributed by atoms with van der Waals surface area (Å²) in [6, 6.07) is 10.4. The number of fused-ring (bicyclic) bond motifs is 3. The third-order valence-electron chi connectivity index (χ3n) is 5.31. The van der Waals surface area contributed by atoms with E-state index in [9.17, 15) is 4.39 Å². The van der Waals surface area contributed by atoms with Crippen LogP contribution in [0.4, 0.5) is 15.9 Å². The number of hydrogen-bond acceptors (Lipinski definition) is 6. The molecule has 2 aromatic carbocycles. The summed E-state index contributed by atoms with van der Waals surface area (Å²) in [5.41, 5.74) is 4.76. The summed E-state index contributed by atoms with van der Waals surface area (Å²) in [7, 11) is 5.14.